The Bertz CT molecular complexity index is 445. The number of aliphatic hydroxyl groups is 1. The van der Waals surface area contributed by atoms with E-state index in [1.165, 1.54) is 25.0 Å². The highest BCUT2D eigenvalue weighted by molar-refractivity contribution is 6.31. The lowest BCUT2D eigenvalue weighted by atomic mass is 9.94. The maximum absolute atomic E-state index is 13.2. The summed E-state index contributed by atoms with van der Waals surface area (Å²) in [4.78, 5) is 0. The van der Waals surface area contributed by atoms with Gasteiger partial charge in [0.1, 0.15) is 5.82 Å². The minimum absolute atomic E-state index is 0.0320. The molecule has 19 heavy (non-hydrogen) atoms. The summed E-state index contributed by atoms with van der Waals surface area (Å²) in [6.45, 7) is 0.416. The first-order chi connectivity index (χ1) is 9.00. The van der Waals surface area contributed by atoms with Gasteiger partial charge in [-0.25, -0.2) is 4.39 Å². The first-order valence-electron chi connectivity index (χ1n) is 6.71. The van der Waals surface area contributed by atoms with Gasteiger partial charge in [0.25, 0.3) is 0 Å². The fraction of sp³-hybridized carbons (Fsp3) is 0.571. The van der Waals surface area contributed by atoms with E-state index in [2.05, 4.69) is 5.32 Å². The standard InChI is InChI=1S/C14H20ClFN2O/c15-10-7-13(12(17)8-11(10)16)18-9-14(19)5-3-1-2-4-6-14/h7-8,18-19H,1-6,9,17H2. The van der Waals surface area contributed by atoms with Gasteiger partial charge in [0.15, 0.2) is 0 Å². The Hall–Kier alpha value is -1.00. The number of hydrogen-bond donors (Lipinski definition) is 3. The fourth-order valence-electron chi connectivity index (χ4n) is 2.54. The molecular weight excluding hydrogens is 267 g/mol. The van der Waals surface area contributed by atoms with Crippen LogP contribution in [0.5, 0.6) is 0 Å². The van der Waals surface area contributed by atoms with Gasteiger partial charge in [0.2, 0.25) is 0 Å². The lowest BCUT2D eigenvalue weighted by Gasteiger charge is -2.27. The molecule has 0 heterocycles. The number of nitrogen functional groups attached to an aromatic ring is 1. The Morgan fingerprint density at radius 1 is 1.26 bits per heavy atom. The molecule has 1 aliphatic carbocycles. The molecule has 5 heteroatoms. The molecule has 1 saturated carbocycles. The Labute approximate surface area is 117 Å². The monoisotopic (exact) mass is 286 g/mol. The lowest BCUT2D eigenvalue weighted by molar-refractivity contribution is 0.0381. The molecule has 2 rings (SSSR count). The fourth-order valence-corrected chi connectivity index (χ4v) is 2.70. The van der Waals surface area contributed by atoms with Crippen molar-refractivity contribution < 1.29 is 9.50 Å². The van der Waals surface area contributed by atoms with Gasteiger partial charge in [-0.3, -0.25) is 0 Å². The van der Waals surface area contributed by atoms with E-state index in [0.29, 0.717) is 17.9 Å². The Morgan fingerprint density at radius 2 is 1.89 bits per heavy atom. The smallest absolute Gasteiger partial charge is 0.143 e. The second-order valence-electron chi connectivity index (χ2n) is 5.35. The normalized spacial score (nSPS) is 18.9. The van der Waals surface area contributed by atoms with Crippen molar-refractivity contribution in [2.75, 3.05) is 17.6 Å². The van der Waals surface area contributed by atoms with Crippen LogP contribution < -0.4 is 11.1 Å². The van der Waals surface area contributed by atoms with Crippen molar-refractivity contribution in [3.63, 3.8) is 0 Å². The van der Waals surface area contributed by atoms with E-state index < -0.39 is 11.4 Å². The van der Waals surface area contributed by atoms with Crippen molar-refractivity contribution in [2.24, 2.45) is 0 Å². The quantitative estimate of drug-likeness (QED) is 0.588. The summed E-state index contributed by atoms with van der Waals surface area (Å²) < 4.78 is 13.2. The van der Waals surface area contributed by atoms with Gasteiger partial charge in [0.05, 0.1) is 22.0 Å². The molecule has 1 aromatic carbocycles. The molecule has 0 spiro atoms. The first-order valence-corrected chi connectivity index (χ1v) is 7.09. The molecule has 4 N–H and O–H groups in total. The van der Waals surface area contributed by atoms with Crippen LogP contribution in [0.3, 0.4) is 0 Å². The molecule has 0 atom stereocenters. The van der Waals surface area contributed by atoms with Crippen LogP contribution in [0.2, 0.25) is 5.02 Å². The second kappa shape index (κ2) is 5.97. The summed E-state index contributed by atoms with van der Waals surface area (Å²) >= 11 is 5.74. The van der Waals surface area contributed by atoms with E-state index in [4.69, 9.17) is 17.3 Å². The molecule has 0 radical (unpaired) electrons. The number of halogens is 2. The summed E-state index contributed by atoms with van der Waals surface area (Å²) in [6, 6.07) is 2.66. The molecule has 3 nitrogen and oxygen atoms in total. The minimum atomic E-state index is -0.705. The highest BCUT2D eigenvalue weighted by Crippen LogP contribution is 2.30. The van der Waals surface area contributed by atoms with Gasteiger partial charge < -0.3 is 16.2 Å². The van der Waals surface area contributed by atoms with Gasteiger partial charge in [-0.1, -0.05) is 37.3 Å². The zero-order valence-corrected chi connectivity index (χ0v) is 11.6. The topological polar surface area (TPSA) is 58.3 Å². The van der Waals surface area contributed by atoms with Crippen molar-refractivity contribution in [1.29, 1.82) is 0 Å². The largest absolute Gasteiger partial charge is 0.397 e. The molecule has 0 bridgehead atoms. The molecule has 0 aliphatic heterocycles. The van der Waals surface area contributed by atoms with Crippen LogP contribution in [0.1, 0.15) is 38.5 Å². The summed E-state index contributed by atoms with van der Waals surface area (Å²) in [5, 5.41) is 13.6. The predicted molar refractivity (Wildman–Crippen MR) is 77.0 cm³/mol. The van der Waals surface area contributed by atoms with Crippen molar-refractivity contribution >= 4 is 23.0 Å². The highest BCUT2D eigenvalue weighted by atomic mass is 35.5. The number of nitrogens with one attached hydrogen (secondary N) is 1. The zero-order valence-electron chi connectivity index (χ0n) is 10.9. The molecule has 0 saturated heterocycles. The van der Waals surface area contributed by atoms with E-state index in [1.807, 2.05) is 0 Å². The number of nitrogens with two attached hydrogens (primary N) is 1. The van der Waals surface area contributed by atoms with Crippen LogP contribution in [0.15, 0.2) is 12.1 Å². The van der Waals surface area contributed by atoms with Crippen molar-refractivity contribution in [3.8, 4) is 0 Å². The minimum Gasteiger partial charge on any atom is -0.397 e. The van der Waals surface area contributed by atoms with E-state index >= 15 is 0 Å². The number of rotatable bonds is 3. The number of benzene rings is 1. The van der Waals surface area contributed by atoms with Gasteiger partial charge in [-0.2, -0.15) is 0 Å². The van der Waals surface area contributed by atoms with Crippen molar-refractivity contribution in [2.45, 2.75) is 44.1 Å². The van der Waals surface area contributed by atoms with Gasteiger partial charge in [0, 0.05) is 12.6 Å². The van der Waals surface area contributed by atoms with Crippen LogP contribution in [0.25, 0.3) is 0 Å². The molecule has 1 fully saturated rings. The molecule has 106 valence electrons. The van der Waals surface area contributed by atoms with Crippen LogP contribution in [0, 0.1) is 5.82 Å². The number of hydrogen-bond acceptors (Lipinski definition) is 3. The zero-order chi connectivity index (χ0) is 13.9. The maximum Gasteiger partial charge on any atom is 0.143 e. The van der Waals surface area contributed by atoms with E-state index in [1.54, 1.807) is 0 Å². The lowest BCUT2D eigenvalue weighted by Crippen LogP contribution is -2.36. The van der Waals surface area contributed by atoms with Crippen LogP contribution >= 0.6 is 11.6 Å². The summed E-state index contributed by atoms with van der Waals surface area (Å²) in [5.41, 5.74) is 5.91. The van der Waals surface area contributed by atoms with Gasteiger partial charge in [-0.05, 0) is 18.9 Å². The molecule has 0 amide bonds. The Kier molecular flexibility index (Phi) is 4.53. The molecular formula is C14H20ClFN2O. The average molecular weight is 287 g/mol. The third kappa shape index (κ3) is 3.74. The van der Waals surface area contributed by atoms with E-state index in [-0.39, 0.29) is 5.02 Å². The molecule has 1 aliphatic rings. The average Bonchev–Trinajstić information content (AvgIpc) is 2.58. The maximum atomic E-state index is 13.2. The van der Waals surface area contributed by atoms with Gasteiger partial charge in [-0.15, -0.1) is 0 Å². The number of anilines is 2. The van der Waals surface area contributed by atoms with Gasteiger partial charge >= 0.3 is 0 Å². The molecule has 0 unspecified atom stereocenters. The summed E-state index contributed by atoms with van der Waals surface area (Å²) in [5.74, 6) is -0.530. The van der Waals surface area contributed by atoms with Crippen LogP contribution in [0.4, 0.5) is 15.8 Å². The molecule has 0 aromatic heterocycles. The third-order valence-corrected chi connectivity index (χ3v) is 4.02. The predicted octanol–water partition coefficient (Wildman–Crippen LogP) is 3.56. The van der Waals surface area contributed by atoms with Crippen molar-refractivity contribution in [3.05, 3.63) is 23.0 Å². The summed E-state index contributed by atoms with van der Waals surface area (Å²) in [6.07, 6.45) is 6.00. The van der Waals surface area contributed by atoms with E-state index in [0.717, 1.165) is 25.7 Å². The first kappa shape index (κ1) is 14.4. The second-order valence-corrected chi connectivity index (χ2v) is 5.75. The highest BCUT2D eigenvalue weighted by Gasteiger charge is 2.27. The third-order valence-electron chi connectivity index (χ3n) is 3.73. The molecule has 1 aromatic rings. The van der Waals surface area contributed by atoms with Crippen molar-refractivity contribution in [1.82, 2.24) is 0 Å². The Balaban J connectivity index is 2.03. The SMILES string of the molecule is Nc1cc(F)c(Cl)cc1NCC1(O)CCCCCC1. The Morgan fingerprint density at radius 3 is 2.53 bits per heavy atom. The van der Waals surface area contributed by atoms with Crippen LogP contribution in [-0.2, 0) is 0 Å². The summed E-state index contributed by atoms with van der Waals surface area (Å²) in [7, 11) is 0. The van der Waals surface area contributed by atoms with Crippen LogP contribution in [-0.4, -0.2) is 17.3 Å². The van der Waals surface area contributed by atoms with E-state index in [9.17, 15) is 9.50 Å².